The molecule has 1 fully saturated rings. The first-order valence-electron chi connectivity index (χ1n) is 5.33. The fraction of sp³-hybridized carbons (Fsp3) is 1.00. The lowest BCUT2D eigenvalue weighted by atomic mass is 10.1. The van der Waals surface area contributed by atoms with Gasteiger partial charge in [-0.05, 0) is 33.5 Å². The Bertz CT molecular complexity index is 149. The maximum absolute atomic E-state index is 5.60. The Labute approximate surface area is 81.9 Å². The number of rotatable bonds is 3. The van der Waals surface area contributed by atoms with Gasteiger partial charge in [-0.1, -0.05) is 6.92 Å². The molecule has 1 aliphatic rings. The van der Waals surface area contributed by atoms with Crippen LogP contribution in [0.25, 0.3) is 0 Å². The van der Waals surface area contributed by atoms with Crippen LogP contribution in [0.5, 0.6) is 0 Å². The largest absolute Gasteiger partial charge is 0.330 e. The quantitative estimate of drug-likeness (QED) is 0.689. The highest BCUT2D eigenvalue weighted by atomic mass is 15.3. The number of hydrogen-bond acceptors (Lipinski definition) is 3. The molecule has 0 aromatic heterocycles. The van der Waals surface area contributed by atoms with Crippen molar-refractivity contribution in [1.29, 1.82) is 0 Å². The smallest absolute Gasteiger partial charge is 0.0232 e. The van der Waals surface area contributed by atoms with Crippen molar-refractivity contribution < 1.29 is 0 Å². The van der Waals surface area contributed by atoms with E-state index in [1.165, 1.54) is 13.1 Å². The zero-order valence-electron chi connectivity index (χ0n) is 9.16. The summed E-state index contributed by atoms with van der Waals surface area (Å²) in [5.41, 5.74) is 5.60. The van der Waals surface area contributed by atoms with Crippen LogP contribution in [0, 0.1) is 0 Å². The predicted molar refractivity (Wildman–Crippen MR) is 56.8 cm³/mol. The highest BCUT2D eigenvalue weighted by molar-refractivity contribution is 4.84. The molecular weight excluding hydrogens is 162 g/mol. The van der Waals surface area contributed by atoms with Crippen LogP contribution in [0.1, 0.15) is 20.3 Å². The molecule has 0 saturated carbocycles. The van der Waals surface area contributed by atoms with Gasteiger partial charge in [0.15, 0.2) is 0 Å². The van der Waals surface area contributed by atoms with Crippen molar-refractivity contribution in [1.82, 2.24) is 9.80 Å². The minimum atomic E-state index is 0.668. The Balaban J connectivity index is 2.48. The topological polar surface area (TPSA) is 32.5 Å². The van der Waals surface area contributed by atoms with Crippen molar-refractivity contribution in [2.75, 3.05) is 33.2 Å². The third-order valence-corrected chi connectivity index (χ3v) is 3.15. The second-order valence-electron chi connectivity index (χ2n) is 4.11. The van der Waals surface area contributed by atoms with Gasteiger partial charge in [0.05, 0.1) is 0 Å². The fourth-order valence-corrected chi connectivity index (χ4v) is 2.22. The summed E-state index contributed by atoms with van der Waals surface area (Å²) in [6.45, 7) is 8.88. The van der Waals surface area contributed by atoms with E-state index in [0.717, 1.165) is 19.5 Å². The highest BCUT2D eigenvalue weighted by Crippen LogP contribution is 2.14. The average Bonchev–Trinajstić information content (AvgIpc) is 2.10. The van der Waals surface area contributed by atoms with E-state index < -0.39 is 0 Å². The molecule has 1 rings (SSSR count). The van der Waals surface area contributed by atoms with Gasteiger partial charge in [0, 0.05) is 25.2 Å². The first-order chi connectivity index (χ1) is 6.19. The van der Waals surface area contributed by atoms with E-state index in [9.17, 15) is 0 Å². The van der Waals surface area contributed by atoms with Crippen molar-refractivity contribution in [3.05, 3.63) is 0 Å². The van der Waals surface area contributed by atoms with Crippen LogP contribution in [0.4, 0.5) is 0 Å². The molecule has 0 aliphatic carbocycles. The summed E-state index contributed by atoms with van der Waals surface area (Å²) in [5.74, 6) is 0. The minimum Gasteiger partial charge on any atom is -0.330 e. The van der Waals surface area contributed by atoms with E-state index in [0.29, 0.717) is 12.1 Å². The summed E-state index contributed by atoms with van der Waals surface area (Å²) in [6.07, 6.45) is 1.12. The van der Waals surface area contributed by atoms with Crippen LogP contribution in [0.2, 0.25) is 0 Å². The van der Waals surface area contributed by atoms with Gasteiger partial charge in [-0.2, -0.15) is 0 Å². The second-order valence-corrected chi connectivity index (χ2v) is 4.11. The molecule has 0 spiro atoms. The number of likely N-dealkylation sites (N-methyl/N-ethyl adjacent to an activating group) is 2. The molecule has 2 unspecified atom stereocenters. The Morgan fingerprint density at radius 3 is 2.62 bits per heavy atom. The van der Waals surface area contributed by atoms with Crippen LogP contribution in [-0.2, 0) is 0 Å². The van der Waals surface area contributed by atoms with Gasteiger partial charge in [-0.3, -0.25) is 4.90 Å². The molecule has 1 aliphatic heterocycles. The molecule has 2 atom stereocenters. The van der Waals surface area contributed by atoms with E-state index in [1.807, 2.05) is 0 Å². The highest BCUT2D eigenvalue weighted by Gasteiger charge is 2.27. The van der Waals surface area contributed by atoms with Crippen molar-refractivity contribution in [2.24, 2.45) is 5.73 Å². The summed E-state index contributed by atoms with van der Waals surface area (Å²) in [6, 6.07) is 1.37. The van der Waals surface area contributed by atoms with E-state index in [4.69, 9.17) is 5.73 Å². The van der Waals surface area contributed by atoms with Crippen LogP contribution < -0.4 is 5.73 Å². The number of nitrogens with two attached hydrogens (primary N) is 1. The zero-order chi connectivity index (χ0) is 9.84. The van der Waals surface area contributed by atoms with Gasteiger partial charge in [0.2, 0.25) is 0 Å². The van der Waals surface area contributed by atoms with Gasteiger partial charge in [0.25, 0.3) is 0 Å². The zero-order valence-corrected chi connectivity index (χ0v) is 9.16. The molecule has 0 radical (unpaired) electrons. The molecule has 0 amide bonds. The van der Waals surface area contributed by atoms with E-state index in [2.05, 4.69) is 30.7 Å². The summed E-state index contributed by atoms with van der Waals surface area (Å²) in [5, 5.41) is 0. The molecule has 1 heterocycles. The van der Waals surface area contributed by atoms with Crippen molar-refractivity contribution in [3.63, 3.8) is 0 Å². The molecule has 3 nitrogen and oxygen atoms in total. The minimum absolute atomic E-state index is 0.668. The number of hydrogen-bond donors (Lipinski definition) is 1. The summed E-state index contributed by atoms with van der Waals surface area (Å²) >= 11 is 0. The van der Waals surface area contributed by atoms with Crippen molar-refractivity contribution >= 4 is 0 Å². The Morgan fingerprint density at radius 1 is 1.38 bits per heavy atom. The summed E-state index contributed by atoms with van der Waals surface area (Å²) in [4.78, 5) is 4.99. The Morgan fingerprint density at radius 2 is 2.08 bits per heavy atom. The van der Waals surface area contributed by atoms with Crippen LogP contribution >= 0.6 is 0 Å². The first-order valence-corrected chi connectivity index (χ1v) is 5.33. The monoisotopic (exact) mass is 185 g/mol. The molecule has 0 aromatic carbocycles. The van der Waals surface area contributed by atoms with Gasteiger partial charge >= 0.3 is 0 Å². The van der Waals surface area contributed by atoms with E-state index in [-0.39, 0.29) is 0 Å². The van der Waals surface area contributed by atoms with Gasteiger partial charge in [-0.15, -0.1) is 0 Å². The first kappa shape index (κ1) is 11.0. The maximum atomic E-state index is 5.60. The molecule has 1 saturated heterocycles. The normalized spacial score (nSPS) is 32.3. The lowest BCUT2D eigenvalue weighted by Crippen LogP contribution is -2.56. The third-order valence-electron chi connectivity index (χ3n) is 3.15. The van der Waals surface area contributed by atoms with Crippen LogP contribution in [-0.4, -0.2) is 55.1 Å². The molecule has 0 aromatic rings. The summed E-state index contributed by atoms with van der Waals surface area (Å²) < 4.78 is 0. The molecular formula is C10H23N3. The predicted octanol–water partition coefficient (Wildman–Crippen LogP) is 0.360. The van der Waals surface area contributed by atoms with Crippen molar-refractivity contribution in [3.8, 4) is 0 Å². The lowest BCUT2D eigenvalue weighted by molar-refractivity contribution is 0.0535. The molecule has 2 N–H and O–H groups in total. The van der Waals surface area contributed by atoms with E-state index in [1.54, 1.807) is 0 Å². The van der Waals surface area contributed by atoms with Gasteiger partial charge < -0.3 is 10.6 Å². The van der Waals surface area contributed by atoms with Gasteiger partial charge in [0.1, 0.15) is 0 Å². The maximum Gasteiger partial charge on any atom is 0.0232 e. The second kappa shape index (κ2) is 4.94. The fourth-order valence-electron chi connectivity index (χ4n) is 2.22. The standard InChI is InChI=1S/C10H23N3/c1-4-13-8-10(5-6-11)12(3)7-9(13)2/h9-10H,4-8,11H2,1-3H3. The molecule has 78 valence electrons. The molecule has 3 heteroatoms. The van der Waals surface area contributed by atoms with Crippen LogP contribution in [0.3, 0.4) is 0 Å². The number of nitrogens with zero attached hydrogens (tertiary/aromatic N) is 2. The Hall–Kier alpha value is -0.120. The summed E-state index contributed by atoms with van der Waals surface area (Å²) in [7, 11) is 2.21. The van der Waals surface area contributed by atoms with E-state index >= 15 is 0 Å². The average molecular weight is 185 g/mol. The van der Waals surface area contributed by atoms with Crippen LogP contribution in [0.15, 0.2) is 0 Å². The SMILES string of the molecule is CCN1CC(CCN)N(C)CC1C. The third kappa shape index (κ3) is 2.66. The molecule has 13 heavy (non-hydrogen) atoms. The molecule has 0 bridgehead atoms. The lowest BCUT2D eigenvalue weighted by Gasteiger charge is -2.43. The Kier molecular flexibility index (Phi) is 4.16. The van der Waals surface area contributed by atoms with Crippen molar-refractivity contribution in [2.45, 2.75) is 32.4 Å². The number of piperazine rings is 1. The van der Waals surface area contributed by atoms with Gasteiger partial charge in [-0.25, -0.2) is 0 Å².